The molecule has 0 spiro atoms. The molecule has 1 atom stereocenters. The lowest BCUT2D eigenvalue weighted by Gasteiger charge is -2.29. The van der Waals surface area contributed by atoms with Gasteiger partial charge in [-0.05, 0) is 30.7 Å². The van der Waals surface area contributed by atoms with E-state index in [0.29, 0.717) is 6.54 Å². The number of furan rings is 1. The Labute approximate surface area is 125 Å². The molecular weight excluding hydrogens is 264 g/mol. The summed E-state index contributed by atoms with van der Waals surface area (Å²) in [5.41, 5.74) is 2.45. The molecule has 0 fully saturated rings. The molecule has 1 aliphatic heterocycles. The smallest absolute Gasteiger partial charge is 0.247 e. The van der Waals surface area contributed by atoms with Crippen LogP contribution >= 0.6 is 0 Å². The maximum Gasteiger partial charge on any atom is 0.247 e. The largest absolute Gasteiger partial charge is 0.467 e. The van der Waals surface area contributed by atoms with Crippen molar-refractivity contribution >= 4 is 5.91 Å². The lowest BCUT2D eigenvalue weighted by molar-refractivity contribution is -0.133. The predicted molar refractivity (Wildman–Crippen MR) is 81.8 cm³/mol. The summed E-state index contributed by atoms with van der Waals surface area (Å²) in [7, 11) is 1.80. The van der Waals surface area contributed by atoms with Gasteiger partial charge >= 0.3 is 0 Å². The number of likely N-dealkylation sites (N-methyl/N-ethyl adjacent to an activating group) is 1. The number of nitrogens with one attached hydrogen (secondary N) is 1. The van der Waals surface area contributed by atoms with Gasteiger partial charge in [0.15, 0.2) is 0 Å². The molecule has 1 N–H and O–H groups in total. The van der Waals surface area contributed by atoms with E-state index in [0.717, 1.165) is 24.3 Å². The monoisotopic (exact) mass is 286 g/mol. The van der Waals surface area contributed by atoms with Crippen LogP contribution in [0, 0.1) is 5.41 Å². The molecule has 1 aromatic rings. The molecule has 0 bridgehead atoms. The lowest BCUT2D eigenvalue weighted by Crippen LogP contribution is -2.41. The average molecular weight is 286 g/mol. The minimum absolute atomic E-state index is 0.0360. The van der Waals surface area contributed by atoms with E-state index in [1.54, 1.807) is 13.3 Å². The van der Waals surface area contributed by atoms with Crippen LogP contribution in [0.1, 0.15) is 31.2 Å². The van der Waals surface area contributed by atoms with Gasteiger partial charge in [-0.25, -0.2) is 0 Å². The Balaban J connectivity index is 1.82. The maximum atomic E-state index is 12.8. The van der Waals surface area contributed by atoms with Crippen LogP contribution in [0.4, 0.5) is 0 Å². The van der Waals surface area contributed by atoms with Crippen molar-refractivity contribution in [3.63, 3.8) is 0 Å². The van der Waals surface area contributed by atoms with Gasteiger partial charge in [0.2, 0.25) is 5.91 Å². The molecule has 112 valence electrons. The second-order valence-electron chi connectivity index (χ2n) is 6.31. The summed E-state index contributed by atoms with van der Waals surface area (Å²) < 4.78 is 5.53. The van der Waals surface area contributed by atoms with Crippen molar-refractivity contribution in [3.8, 4) is 0 Å². The molecule has 2 aliphatic rings. The van der Waals surface area contributed by atoms with Gasteiger partial charge in [0, 0.05) is 18.5 Å². The second-order valence-corrected chi connectivity index (χ2v) is 6.31. The number of amides is 1. The van der Waals surface area contributed by atoms with Crippen LogP contribution in [0.3, 0.4) is 0 Å². The SMILES string of the molecule is CNC1C(=O)N(CC2=CC=CC2(C)C)CCc2ccoc21. The van der Waals surface area contributed by atoms with Gasteiger partial charge < -0.3 is 14.6 Å². The van der Waals surface area contributed by atoms with Crippen molar-refractivity contribution in [2.24, 2.45) is 5.41 Å². The Hall–Kier alpha value is -1.81. The summed E-state index contributed by atoms with van der Waals surface area (Å²) in [6.45, 7) is 5.78. The van der Waals surface area contributed by atoms with E-state index >= 15 is 0 Å². The van der Waals surface area contributed by atoms with Crippen LogP contribution < -0.4 is 5.32 Å². The Kier molecular flexibility index (Phi) is 3.49. The zero-order valence-electron chi connectivity index (χ0n) is 12.8. The predicted octanol–water partition coefficient (Wildman–Crippen LogP) is 2.45. The van der Waals surface area contributed by atoms with E-state index in [-0.39, 0.29) is 17.4 Å². The number of hydrogen-bond acceptors (Lipinski definition) is 3. The summed E-state index contributed by atoms with van der Waals surface area (Å²) in [4.78, 5) is 14.7. The normalized spacial score (nSPS) is 24.0. The van der Waals surface area contributed by atoms with E-state index in [1.807, 2.05) is 11.0 Å². The molecule has 1 amide bonds. The minimum Gasteiger partial charge on any atom is -0.467 e. The summed E-state index contributed by atoms with van der Waals surface area (Å²) >= 11 is 0. The fourth-order valence-corrected chi connectivity index (χ4v) is 3.07. The molecule has 0 radical (unpaired) electrons. The molecule has 4 nitrogen and oxygen atoms in total. The summed E-state index contributed by atoms with van der Waals surface area (Å²) in [5, 5.41) is 3.09. The Bertz CT molecular complexity index is 610. The first-order valence-electron chi connectivity index (χ1n) is 7.44. The van der Waals surface area contributed by atoms with Gasteiger partial charge in [-0.15, -0.1) is 0 Å². The van der Waals surface area contributed by atoms with E-state index in [1.165, 1.54) is 5.57 Å². The van der Waals surface area contributed by atoms with Gasteiger partial charge in [0.1, 0.15) is 11.8 Å². The molecule has 0 saturated carbocycles. The summed E-state index contributed by atoms with van der Waals surface area (Å²) in [6.07, 6.45) is 8.91. The molecule has 4 heteroatoms. The van der Waals surface area contributed by atoms with Gasteiger partial charge in [-0.2, -0.15) is 0 Å². The summed E-state index contributed by atoms with van der Waals surface area (Å²) in [6, 6.07) is 1.59. The first-order valence-corrected chi connectivity index (χ1v) is 7.44. The van der Waals surface area contributed by atoms with Crippen molar-refractivity contribution in [2.45, 2.75) is 26.3 Å². The van der Waals surface area contributed by atoms with Crippen molar-refractivity contribution in [2.75, 3.05) is 20.1 Å². The zero-order chi connectivity index (χ0) is 15.0. The first kappa shape index (κ1) is 14.1. The molecular formula is C17H22N2O2. The highest BCUT2D eigenvalue weighted by Gasteiger charge is 2.34. The summed E-state index contributed by atoms with van der Waals surface area (Å²) in [5.74, 6) is 0.859. The highest BCUT2D eigenvalue weighted by atomic mass is 16.3. The highest BCUT2D eigenvalue weighted by molar-refractivity contribution is 5.84. The lowest BCUT2D eigenvalue weighted by atomic mass is 9.87. The van der Waals surface area contributed by atoms with Gasteiger partial charge in [-0.3, -0.25) is 4.79 Å². The third kappa shape index (κ3) is 2.44. The molecule has 1 aliphatic carbocycles. The number of allylic oxidation sites excluding steroid dienone is 3. The molecule has 2 heterocycles. The molecule has 0 aromatic carbocycles. The number of fused-ring (bicyclic) bond motifs is 1. The standard InChI is InChI=1S/C17H22N2O2/c1-17(2)8-4-5-13(17)11-19-9-6-12-7-10-21-15(12)14(18-3)16(19)20/h4-5,7-8,10,14,18H,6,9,11H2,1-3H3. The molecule has 0 saturated heterocycles. The fraction of sp³-hybridized carbons (Fsp3) is 0.471. The second kappa shape index (κ2) is 5.19. The zero-order valence-corrected chi connectivity index (χ0v) is 12.8. The van der Waals surface area contributed by atoms with Crippen molar-refractivity contribution in [1.82, 2.24) is 10.2 Å². The number of carbonyl (C=O) groups excluding carboxylic acids is 1. The van der Waals surface area contributed by atoms with Crippen LogP contribution in [-0.4, -0.2) is 30.9 Å². The molecule has 1 unspecified atom stereocenters. The number of carbonyl (C=O) groups is 1. The fourth-order valence-electron chi connectivity index (χ4n) is 3.07. The average Bonchev–Trinajstić information content (AvgIpc) is 2.99. The third-order valence-corrected chi connectivity index (χ3v) is 4.54. The van der Waals surface area contributed by atoms with Crippen LogP contribution in [0.15, 0.2) is 40.5 Å². The first-order chi connectivity index (χ1) is 10.0. The quantitative estimate of drug-likeness (QED) is 0.928. The van der Waals surface area contributed by atoms with Crippen LogP contribution in [0.5, 0.6) is 0 Å². The minimum atomic E-state index is -0.379. The van der Waals surface area contributed by atoms with Crippen molar-refractivity contribution in [3.05, 3.63) is 47.5 Å². The van der Waals surface area contributed by atoms with E-state index < -0.39 is 0 Å². The van der Waals surface area contributed by atoms with E-state index in [2.05, 4.69) is 37.4 Å². The Morgan fingerprint density at radius 3 is 2.95 bits per heavy atom. The number of hydrogen-bond donors (Lipinski definition) is 1. The van der Waals surface area contributed by atoms with Crippen molar-refractivity contribution < 1.29 is 9.21 Å². The van der Waals surface area contributed by atoms with E-state index in [4.69, 9.17) is 4.42 Å². The molecule has 21 heavy (non-hydrogen) atoms. The number of nitrogens with zero attached hydrogens (tertiary/aromatic N) is 1. The van der Waals surface area contributed by atoms with Crippen molar-refractivity contribution in [1.29, 1.82) is 0 Å². The van der Waals surface area contributed by atoms with Gasteiger partial charge in [-0.1, -0.05) is 32.1 Å². The van der Waals surface area contributed by atoms with Crippen LogP contribution in [0.25, 0.3) is 0 Å². The topological polar surface area (TPSA) is 45.5 Å². The van der Waals surface area contributed by atoms with E-state index in [9.17, 15) is 4.79 Å². The Morgan fingerprint density at radius 2 is 2.29 bits per heavy atom. The van der Waals surface area contributed by atoms with Crippen LogP contribution in [-0.2, 0) is 11.2 Å². The molecule has 1 aromatic heterocycles. The number of rotatable bonds is 3. The third-order valence-electron chi connectivity index (χ3n) is 4.54. The highest BCUT2D eigenvalue weighted by Crippen LogP contribution is 2.34. The van der Waals surface area contributed by atoms with Crippen LogP contribution in [0.2, 0.25) is 0 Å². The van der Waals surface area contributed by atoms with Gasteiger partial charge in [0.25, 0.3) is 0 Å². The Morgan fingerprint density at radius 1 is 1.48 bits per heavy atom. The van der Waals surface area contributed by atoms with Gasteiger partial charge in [0.05, 0.1) is 6.26 Å². The molecule has 3 rings (SSSR count). The maximum absolute atomic E-state index is 12.8.